The van der Waals surface area contributed by atoms with Crippen LogP contribution in [0.5, 0.6) is 5.88 Å². The molecule has 0 aliphatic rings. The largest absolute Gasteiger partial charge is 0.480 e. The van der Waals surface area contributed by atoms with E-state index in [1.165, 1.54) is 0 Å². The SMILES string of the molecule is CCCNC(COC)c1nccnc1OC. The molecule has 0 saturated carbocycles. The van der Waals surface area contributed by atoms with Crippen LogP contribution >= 0.6 is 0 Å². The van der Waals surface area contributed by atoms with E-state index in [1.54, 1.807) is 26.6 Å². The number of hydrogen-bond donors (Lipinski definition) is 1. The Morgan fingerprint density at radius 1 is 1.31 bits per heavy atom. The zero-order valence-corrected chi connectivity index (χ0v) is 10.1. The molecule has 0 spiro atoms. The van der Waals surface area contributed by atoms with Gasteiger partial charge in [-0.15, -0.1) is 0 Å². The molecule has 16 heavy (non-hydrogen) atoms. The van der Waals surface area contributed by atoms with E-state index >= 15 is 0 Å². The molecule has 1 atom stereocenters. The molecule has 0 fully saturated rings. The van der Waals surface area contributed by atoms with Crippen molar-refractivity contribution in [1.82, 2.24) is 15.3 Å². The first kappa shape index (κ1) is 12.9. The zero-order valence-electron chi connectivity index (χ0n) is 10.1. The topological polar surface area (TPSA) is 56.3 Å². The van der Waals surface area contributed by atoms with Crippen molar-refractivity contribution < 1.29 is 9.47 Å². The Kier molecular flexibility index (Phi) is 5.74. The molecular weight excluding hydrogens is 206 g/mol. The Hall–Kier alpha value is -1.20. The van der Waals surface area contributed by atoms with Crippen LogP contribution in [0.2, 0.25) is 0 Å². The van der Waals surface area contributed by atoms with Crippen molar-refractivity contribution >= 4 is 0 Å². The summed E-state index contributed by atoms with van der Waals surface area (Å²) in [6.45, 7) is 3.58. The molecule has 1 rings (SSSR count). The van der Waals surface area contributed by atoms with Crippen LogP contribution in [0.1, 0.15) is 25.1 Å². The molecular formula is C11H19N3O2. The minimum Gasteiger partial charge on any atom is -0.480 e. The van der Waals surface area contributed by atoms with Crippen molar-refractivity contribution in [1.29, 1.82) is 0 Å². The van der Waals surface area contributed by atoms with Gasteiger partial charge in [0.1, 0.15) is 5.69 Å². The van der Waals surface area contributed by atoms with E-state index < -0.39 is 0 Å². The summed E-state index contributed by atoms with van der Waals surface area (Å²) in [6, 6.07) is 0.0219. The van der Waals surface area contributed by atoms with Gasteiger partial charge in [0.05, 0.1) is 19.8 Å². The lowest BCUT2D eigenvalue weighted by Crippen LogP contribution is -2.27. The summed E-state index contributed by atoms with van der Waals surface area (Å²) in [7, 11) is 3.26. The summed E-state index contributed by atoms with van der Waals surface area (Å²) in [6.07, 6.45) is 4.34. The van der Waals surface area contributed by atoms with E-state index in [0.717, 1.165) is 18.7 Å². The number of hydrogen-bond acceptors (Lipinski definition) is 5. The second-order valence-electron chi connectivity index (χ2n) is 3.41. The number of ether oxygens (including phenoxy) is 2. The molecule has 0 amide bonds. The van der Waals surface area contributed by atoms with E-state index in [2.05, 4.69) is 22.2 Å². The van der Waals surface area contributed by atoms with Crippen molar-refractivity contribution in [2.24, 2.45) is 0 Å². The average molecular weight is 225 g/mol. The summed E-state index contributed by atoms with van der Waals surface area (Å²) in [5.74, 6) is 0.549. The fraction of sp³-hybridized carbons (Fsp3) is 0.636. The Morgan fingerprint density at radius 2 is 2.06 bits per heavy atom. The molecule has 1 aromatic rings. The third-order valence-corrected chi connectivity index (χ3v) is 2.19. The second-order valence-corrected chi connectivity index (χ2v) is 3.41. The standard InChI is InChI=1S/C11H19N3O2/c1-4-5-12-9(8-15-2)10-11(16-3)14-7-6-13-10/h6-7,9,12H,4-5,8H2,1-3H3. The highest BCUT2D eigenvalue weighted by Gasteiger charge is 2.17. The Labute approximate surface area is 96.2 Å². The highest BCUT2D eigenvalue weighted by molar-refractivity contribution is 5.21. The number of aromatic nitrogens is 2. The lowest BCUT2D eigenvalue weighted by atomic mass is 10.2. The van der Waals surface area contributed by atoms with Crippen molar-refractivity contribution in [3.05, 3.63) is 18.1 Å². The van der Waals surface area contributed by atoms with E-state index in [4.69, 9.17) is 9.47 Å². The van der Waals surface area contributed by atoms with Gasteiger partial charge in [0.15, 0.2) is 0 Å². The first-order valence-electron chi connectivity index (χ1n) is 5.40. The minimum absolute atomic E-state index is 0.0219. The molecule has 0 bridgehead atoms. The molecule has 1 unspecified atom stereocenters. The number of nitrogens with one attached hydrogen (secondary N) is 1. The predicted octanol–water partition coefficient (Wildman–Crippen LogP) is 1.17. The maximum absolute atomic E-state index is 5.18. The van der Waals surface area contributed by atoms with Crippen LogP contribution in [0.3, 0.4) is 0 Å². The third-order valence-electron chi connectivity index (χ3n) is 2.19. The van der Waals surface area contributed by atoms with E-state index in [0.29, 0.717) is 12.5 Å². The summed E-state index contributed by atoms with van der Waals surface area (Å²) < 4.78 is 10.4. The summed E-state index contributed by atoms with van der Waals surface area (Å²) in [4.78, 5) is 8.42. The molecule has 5 nitrogen and oxygen atoms in total. The van der Waals surface area contributed by atoms with Crippen molar-refractivity contribution in [3.8, 4) is 5.88 Å². The Balaban J connectivity index is 2.81. The molecule has 0 aromatic carbocycles. The highest BCUT2D eigenvalue weighted by atomic mass is 16.5. The zero-order chi connectivity index (χ0) is 11.8. The normalized spacial score (nSPS) is 12.4. The smallest absolute Gasteiger partial charge is 0.237 e. The summed E-state index contributed by atoms with van der Waals surface area (Å²) >= 11 is 0. The molecule has 90 valence electrons. The monoisotopic (exact) mass is 225 g/mol. The van der Waals surface area contributed by atoms with E-state index in [1.807, 2.05) is 0 Å². The average Bonchev–Trinajstić information content (AvgIpc) is 2.34. The lowest BCUT2D eigenvalue weighted by molar-refractivity contribution is 0.163. The van der Waals surface area contributed by atoms with Crippen LogP contribution in [-0.2, 0) is 4.74 Å². The lowest BCUT2D eigenvalue weighted by Gasteiger charge is -2.18. The van der Waals surface area contributed by atoms with Crippen molar-refractivity contribution in [3.63, 3.8) is 0 Å². The Morgan fingerprint density at radius 3 is 2.69 bits per heavy atom. The number of nitrogens with zero attached hydrogens (tertiary/aromatic N) is 2. The third kappa shape index (κ3) is 3.43. The van der Waals surface area contributed by atoms with Crippen LogP contribution in [-0.4, -0.2) is 37.3 Å². The van der Waals surface area contributed by atoms with Gasteiger partial charge in [0, 0.05) is 19.5 Å². The Bertz CT molecular complexity index is 307. The van der Waals surface area contributed by atoms with Gasteiger partial charge in [-0.1, -0.05) is 6.92 Å². The van der Waals surface area contributed by atoms with E-state index in [-0.39, 0.29) is 6.04 Å². The van der Waals surface area contributed by atoms with Gasteiger partial charge in [0.25, 0.3) is 0 Å². The first-order valence-corrected chi connectivity index (χ1v) is 5.40. The van der Waals surface area contributed by atoms with Crippen LogP contribution in [0.4, 0.5) is 0 Å². The minimum atomic E-state index is 0.0219. The highest BCUT2D eigenvalue weighted by Crippen LogP contribution is 2.19. The number of rotatable bonds is 7. The van der Waals surface area contributed by atoms with Crippen LogP contribution in [0.25, 0.3) is 0 Å². The molecule has 0 aliphatic carbocycles. The first-order chi connectivity index (χ1) is 7.83. The fourth-order valence-corrected chi connectivity index (χ4v) is 1.45. The number of methoxy groups -OCH3 is 2. The van der Waals surface area contributed by atoms with Gasteiger partial charge >= 0.3 is 0 Å². The van der Waals surface area contributed by atoms with Gasteiger partial charge in [-0.3, -0.25) is 4.98 Å². The van der Waals surface area contributed by atoms with Crippen LogP contribution < -0.4 is 10.1 Å². The van der Waals surface area contributed by atoms with Gasteiger partial charge in [-0.25, -0.2) is 4.98 Å². The molecule has 1 heterocycles. The maximum Gasteiger partial charge on any atom is 0.237 e. The van der Waals surface area contributed by atoms with Crippen molar-refractivity contribution in [2.75, 3.05) is 27.4 Å². The maximum atomic E-state index is 5.18. The molecule has 1 aromatic heterocycles. The molecule has 1 N–H and O–H groups in total. The molecule has 0 radical (unpaired) electrons. The summed E-state index contributed by atoms with van der Waals surface area (Å²) in [5.41, 5.74) is 0.792. The fourth-order valence-electron chi connectivity index (χ4n) is 1.45. The van der Waals surface area contributed by atoms with Crippen molar-refractivity contribution in [2.45, 2.75) is 19.4 Å². The van der Waals surface area contributed by atoms with Crippen LogP contribution in [0, 0.1) is 0 Å². The molecule has 0 saturated heterocycles. The van der Waals surface area contributed by atoms with Gasteiger partial charge in [0.2, 0.25) is 5.88 Å². The van der Waals surface area contributed by atoms with Gasteiger partial charge in [-0.2, -0.15) is 0 Å². The van der Waals surface area contributed by atoms with Gasteiger partial charge < -0.3 is 14.8 Å². The molecule has 0 aliphatic heterocycles. The quantitative estimate of drug-likeness (QED) is 0.755. The summed E-state index contributed by atoms with van der Waals surface area (Å²) in [5, 5.41) is 3.35. The van der Waals surface area contributed by atoms with Crippen LogP contribution in [0.15, 0.2) is 12.4 Å². The second kappa shape index (κ2) is 7.14. The van der Waals surface area contributed by atoms with Gasteiger partial charge in [-0.05, 0) is 13.0 Å². The molecule has 5 heteroatoms. The predicted molar refractivity (Wildman–Crippen MR) is 61.5 cm³/mol. The van der Waals surface area contributed by atoms with E-state index in [9.17, 15) is 0 Å².